The molecule has 0 saturated carbocycles. The van der Waals surface area contributed by atoms with Gasteiger partial charge < -0.3 is 0 Å². The van der Waals surface area contributed by atoms with Crippen molar-refractivity contribution in [2.45, 2.75) is 46.0 Å². The molecule has 1 radical (unpaired) electrons. The molecule has 1 rings (SSSR count). The molecular formula is C14H25BaS. The second-order valence-electron chi connectivity index (χ2n) is 4.40. The summed E-state index contributed by atoms with van der Waals surface area (Å²) in [6.45, 7) is 4.60. The Balaban J connectivity index is 0. The first-order valence-electron chi connectivity index (χ1n) is 5.74. The van der Waals surface area contributed by atoms with E-state index in [0.29, 0.717) is 0 Å². The summed E-state index contributed by atoms with van der Waals surface area (Å²) in [7, 11) is 0. The molecule has 0 aliphatic carbocycles. The molecule has 1 aromatic rings. The third-order valence-corrected chi connectivity index (χ3v) is 2.53. The van der Waals surface area contributed by atoms with E-state index in [2.05, 4.69) is 32.0 Å². The van der Waals surface area contributed by atoms with Crippen LogP contribution in [0.5, 0.6) is 0 Å². The van der Waals surface area contributed by atoms with E-state index in [1.165, 1.54) is 37.7 Å². The topological polar surface area (TPSA) is 0 Å². The van der Waals surface area contributed by atoms with E-state index in [-0.39, 0.29) is 62.4 Å². The zero-order chi connectivity index (χ0) is 10.2. The number of benzene rings is 1. The minimum absolute atomic E-state index is 0. The van der Waals surface area contributed by atoms with E-state index >= 15 is 0 Å². The van der Waals surface area contributed by atoms with Gasteiger partial charge in [0, 0.05) is 0 Å². The zero-order valence-corrected chi connectivity index (χ0v) is 10.9. The fourth-order valence-corrected chi connectivity index (χ4v) is 1.65. The van der Waals surface area contributed by atoms with Gasteiger partial charge in [-0.3, -0.25) is 0 Å². The first-order chi connectivity index (χ1) is 6.79. The Bertz CT molecular complexity index is 234. The van der Waals surface area contributed by atoms with Gasteiger partial charge in [0.2, 0.25) is 0 Å². The van der Waals surface area contributed by atoms with Crippen molar-refractivity contribution in [2.24, 2.45) is 5.92 Å². The SMILES string of the molecule is CC(C)CCCCCc1cc[c]cc1.S.[BaH2]. The molecule has 0 fully saturated rings. The molecule has 89 valence electrons. The van der Waals surface area contributed by atoms with Crippen LogP contribution in [0.4, 0.5) is 0 Å². The molecule has 0 nitrogen and oxygen atoms in total. The van der Waals surface area contributed by atoms with E-state index < -0.39 is 0 Å². The van der Waals surface area contributed by atoms with Gasteiger partial charge in [0.25, 0.3) is 0 Å². The van der Waals surface area contributed by atoms with Crippen LogP contribution in [0.1, 0.15) is 45.1 Å². The van der Waals surface area contributed by atoms with E-state index in [1.807, 2.05) is 12.1 Å². The van der Waals surface area contributed by atoms with E-state index in [4.69, 9.17) is 0 Å². The van der Waals surface area contributed by atoms with Gasteiger partial charge >= 0.3 is 48.9 Å². The average molecular weight is 363 g/mol. The number of hydrogen-bond acceptors (Lipinski definition) is 0. The number of rotatable bonds is 6. The van der Waals surface area contributed by atoms with Crippen molar-refractivity contribution in [3.63, 3.8) is 0 Å². The molecule has 0 atom stereocenters. The Morgan fingerprint density at radius 3 is 2.25 bits per heavy atom. The Hall–Kier alpha value is 1.14. The molecule has 0 unspecified atom stereocenters. The molecule has 1 aromatic carbocycles. The monoisotopic (exact) mass is 363 g/mol. The quantitative estimate of drug-likeness (QED) is 0.537. The van der Waals surface area contributed by atoms with Crippen LogP contribution in [0, 0.1) is 12.0 Å². The second kappa shape index (κ2) is 12.6. The molecule has 0 heterocycles. The van der Waals surface area contributed by atoms with Crippen molar-refractivity contribution < 1.29 is 0 Å². The van der Waals surface area contributed by atoms with Crippen molar-refractivity contribution in [3.8, 4) is 0 Å². The Kier molecular flexibility index (Phi) is 15.3. The predicted molar refractivity (Wildman–Crippen MR) is 81.2 cm³/mol. The van der Waals surface area contributed by atoms with Gasteiger partial charge in [-0.2, -0.15) is 13.5 Å². The van der Waals surface area contributed by atoms with Crippen LogP contribution in [0.3, 0.4) is 0 Å². The summed E-state index contributed by atoms with van der Waals surface area (Å²) in [5, 5.41) is 0. The second-order valence-corrected chi connectivity index (χ2v) is 4.40. The zero-order valence-electron chi connectivity index (χ0n) is 9.92. The van der Waals surface area contributed by atoms with Gasteiger partial charge in [-0.15, -0.1) is 0 Å². The van der Waals surface area contributed by atoms with Gasteiger partial charge in [0.05, 0.1) is 0 Å². The van der Waals surface area contributed by atoms with Crippen molar-refractivity contribution in [1.29, 1.82) is 0 Å². The molecule has 0 spiro atoms. The molecule has 0 N–H and O–H groups in total. The Morgan fingerprint density at radius 1 is 1.06 bits per heavy atom. The average Bonchev–Trinajstić information content (AvgIpc) is 2.18. The molecule has 0 aliphatic heterocycles. The van der Waals surface area contributed by atoms with Crippen LogP contribution in [-0.4, -0.2) is 48.9 Å². The van der Waals surface area contributed by atoms with Crippen LogP contribution in [0.25, 0.3) is 0 Å². The van der Waals surface area contributed by atoms with Crippen LogP contribution < -0.4 is 0 Å². The molecule has 2 heteroatoms. The van der Waals surface area contributed by atoms with Gasteiger partial charge in [0.15, 0.2) is 0 Å². The van der Waals surface area contributed by atoms with Crippen molar-refractivity contribution in [3.05, 3.63) is 35.9 Å². The van der Waals surface area contributed by atoms with Gasteiger partial charge in [-0.25, -0.2) is 0 Å². The van der Waals surface area contributed by atoms with Crippen molar-refractivity contribution >= 4 is 62.4 Å². The van der Waals surface area contributed by atoms with Crippen LogP contribution in [0.15, 0.2) is 24.3 Å². The van der Waals surface area contributed by atoms with Gasteiger partial charge in [0.1, 0.15) is 0 Å². The van der Waals surface area contributed by atoms with Crippen LogP contribution in [0.2, 0.25) is 0 Å². The summed E-state index contributed by atoms with van der Waals surface area (Å²) >= 11 is 0. The fraction of sp³-hybridized carbons (Fsp3) is 0.571. The summed E-state index contributed by atoms with van der Waals surface area (Å²) in [5.41, 5.74) is 1.45. The summed E-state index contributed by atoms with van der Waals surface area (Å²) in [6.07, 6.45) is 6.69. The third-order valence-electron chi connectivity index (χ3n) is 2.53. The predicted octanol–water partition coefficient (Wildman–Crippen LogP) is 3.44. The molecule has 0 amide bonds. The Morgan fingerprint density at radius 2 is 1.69 bits per heavy atom. The minimum atomic E-state index is 0. The summed E-state index contributed by atoms with van der Waals surface area (Å²) in [6, 6.07) is 11.4. The van der Waals surface area contributed by atoms with Gasteiger partial charge in [-0.05, 0) is 30.4 Å². The first-order valence-corrected chi connectivity index (χ1v) is 5.74. The summed E-state index contributed by atoms with van der Waals surface area (Å²) in [4.78, 5) is 0. The van der Waals surface area contributed by atoms with Gasteiger partial charge in [-0.1, -0.05) is 57.4 Å². The molecular weight excluding hydrogens is 338 g/mol. The number of unbranched alkanes of at least 4 members (excludes halogenated alkanes) is 2. The molecule has 16 heavy (non-hydrogen) atoms. The summed E-state index contributed by atoms with van der Waals surface area (Å²) in [5.74, 6) is 0.862. The van der Waals surface area contributed by atoms with Crippen molar-refractivity contribution in [2.75, 3.05) is 0 Å². The van der Waals surface area contributed by atoms with E-state index in [9.17, 15) is 0 Å². The first kappa shape index (κ1) is 19.5. The van der Waals surface area contributed by atoms with Crippen LogP contribution in [-0.2, 0) is 6.42 Å². The maximum absolute atomic E-state index is 3.05. The number of hydrogen-bond donors (Lipinski definition) is 0. The van der Waals surface area contributed by atoms with E-state index in [1.54, 1.807) is 0 Å². The van der Waals surface area contributed by atoms with Crippen LogP contribution >= 0.6 is 13.5 Å². The van der Waals surface area contributed by atoms with E-state index in [0.717, 1.165) is 5.92 Å². The Labute approximate surface area is 148 Å². The number of aryl methyl sites for hydroxylation is 1. The summed E-state index contributed by atoms with van der Waals surface area (Å²) < 4.78 is 0. The third kappa shape index (κ3) is 10.3. The fourth-order valence-electron chi connectivity index (χ4n) is 1.65. The standard InChI is InChI=1S/C14H21.Ba.H2S.2H/c1-13(2)9-5-3-6-10-14-11-7-4-8-12-14;;;;/h7-8,11-13H,3,5-6,9-10H2,1-2H3;;1H2;;. The molecule has 0 saturated heterocycles. The molecule has 0 aliphatic rings. The molecule has 0 bridgehead atoms. The molecule has 0 aromatic heterocycles. The normalized spacial score (nSPS) is 9.44. The van der Waals surface area contributed by atoms with Crippen molar-refractivity contribution in [1.82, 2.24) is 0 Å². The maximum atomic E-state index is 3.05.